The van der Waals surface area contributed by atoms with E-state index < -0.39 is 6.56 Å². The van der Waals surface area contributed by atoms with Gasteiger partial charge in [0.05, 0.1) is 9.30 Å². The molecule has 0 saturated heterocycles. The molecule has 86 valence electrons. The zero-order valence-corrected chi connectivity index (χ0v) is 9.72. The topological polar surface area (TPSA) is 20.2 Å². The molecular weight excluding hydrogens is 208 g/mol. The lowest BCUT2D eigenvalue weighted by Gasteiger charge is -2.11. The van der Waals surface area contributed by atoms with E-state index in [9.17, 15) is 5.11 Å². The molecule has 17 heavy (non-hydrogen) atoms. The minimum atomic E-state index is -2.33. The van der Waals surface area contributed by atoms with Crippen molar-refractivity contribution in [2.24, 2.45) is 0 Å². The maximum atomic E-state index is 9.65. The van der Waals surface area contributed by atoms with Gasteiger partial charge < -0.3 is 5.11 Å². The quantitative estimate of drug-likeness (QED) is 0.849. The summed E-state index contributed by atoms with van der Waals surface area (Å²) in [6.45, 7) is -0.712. The van der Waals surface area contributed by atoms with Gasteiger partial charge in [-0.25, -0.2) is 0 Å². The van der Waals surface area contributed by atoms with Crippen LogP contribution in [0.25, 0.3) is 5.57 Å². The summed E-state index contributed by atoms with van der Waals surface area (Å²) in [6, 6.07) is 19.1. The molecule has 0 unspecified atom stereocenters. The first-order valence-electron chi connectivity index (χ1n) is 6.54. The fraction of sp³-hybridized carbons (Fsp3) is 0.125. The van der Waals surface area contributed by atoms with Crippen molar-refractivity contribution in [3.05, 3.63) is 77.4 Å². The van der Waals surface area contributed by atoms with Crippen molar-refractivity contribution in [3.8, 4) is 0 Å². The van der Waals surface area contributed by atoms with Gasteiger partial charge in [0, 0.05) is 0 Å². The number of benzene rings is 2. The number of rotatable bonds is 3. The normalized spacial score (nSPS) is 12.6. The monoisotopic (exact) mass is 226 g/mol. The van der Waals surface area contributed by atoms with E-state index in [1.807, 2.05) is 60.7 Å². The summed E-state index contributed by atoms with van der Waals surface area (Å²) in [5, 5.41) is 9.65. The van der Waals surface area contributed by atoms with Crippen molar-refractivity contribution in [1.82, 2.24) is 0 Å². The van der Waals surface area contributed by atoms with E-state index in [0.717, 1.165) is 16.7 Å². The SMILES string of the molecule is [2H]C([2H])(O)C(C)=C(c1ccccc1)c1ccccc1. The smallest absolute Gasteiger partial charge is 0.0648 e. The van der Waals surface area contributed by atoms with E-state index >= 15 is 0 Å². The van der Waals surface area contributed by atoms with Gasteiger partial charge in [0.25, 0.3) is 0 Å². The third-order valence-corrected chi connectivity index (χ3v) is 2.67. The molecule has 0 saturated carbocycles. The Morgan fingerprint density at radius 2 is 1.35 bits per heavy atom. The molecule has 0 aliphatic rings. The molecule has 0 amide bonds. The highest BCUT2D eigenvalue weighted by Gasteiger charge is 2.07. The average Bonchev–Trinajstić information content (AvgIpc) is 2.40. The summed E-state index contributed by atoms with van der Waals surface area (Å²) in [6.07, 6.45) is 0. The Morgan fingerprint density at radius 1 is 0.941 bits per heavy atom. The van der Waals surface area contributed by atoms with Crippen LogP contribution < -0.4 is 0 Å². The van der Waals surface area contributed by atoms with Gasteiger partial charge in [-0.3, -0.25) is 0 Å². The summed E-state index contributed by atoms with van der Waals surface area (Å²) in [5.41, 5.74) is 2.83. The molecular formula is C16H16O. The lowest BCUT2D eigenvalue weighted by atomic mass is 9.94. The molecule has 0 spiro atoms. The third-order valence-electron chi connectivity index (χ3n) is 2.67. The second kappa shape index (κ2) is 5.46. The number of aliphatic hydroxyl groups is 1. The van der Waals surface area contributed by atoms with Gasteiger partial charge in [0.1, 0.15) is 0 Å². The van der Waals surface area contributed by atoms with Gasteiger partial charge in [-0.2, -0.15) is 0 Å². The molecule has 0 aromatic heterocycles. The average molecular weight is 226 g/mol. The second-order valence-electron chi connectivity index (χ2n) is 3.84. The molecule has 1 heteroatoms. The van der Waals surface area contributed by atoms with Crippen molar-refractivity contribution in [2.75, 3.05) is 6.56 Å². The standard InChI is InChI=1S/C16H16O/c1-13(12-17)16(14-8-4-2-5-9-14)15-10-6-3-7-11-15/h2-11,17H,12H2,1H3/i12D2. The molecule has 2 aromatic rings. The van der Waals surface area contributed by atoms with Crippen molar-refractivity contribution < 1.29 is 7.85 Å². The maximum Gasteiger partial charge on any atom is 0.0648 e. The van der Waals surface area contributed by atoms with Crippen molar-refractivity contribution >= 4 is 5.57 Å². The predicted molar refractivity (Wildman–Crippen MR) is 71.7 cm³/mol. The van der Waals surface area contributed by atoms with Crippen LogP contribution in [0.1, 0.15) is 20.8 Å². The highest BCUT2D eigenvalue weighted by molar-refractivity contribution is 5.81. The van der Waals surface area contributed by atoms with Gasteiger partial charge in [0.15, 0.2) is 0 Å². The van der Waals surface area contributed by atoms with E-state index in [1.54, 1.807) is 6.92 Å². The first-order valence-corrected chi connectivity index (χ1v) is 5.54. The van der Waals surface area contributed by atoms with Crippen LogP contribution in [0.2, 0.25) is 0 Å². The summed E-state index contributed by atoms with van der Waals surface area (Å²) >= 11 is 0. The molecule has 1 N–H and O–H groups in total. The number of hydrogen-bond donors (Lipinski definition) is 1. The molecule has 0 atom stereocenters. The van der Waals surface area contributed by atoms with E-state index in [2.05, 4.69) is 0 Å². The Kier molecular flexibility index (Phi) is 2.96. The van der Waals surface area contributed by atoms with Gasteiger partial charge in [-0.05, 0) is 29.2 Å². The largest absolute Gasteiger partial charge is 0.392 e. The van der Waals surface area contributed by atoms with Crippen molar-refractivity contribution in [3.63, 3.8) is 0 Å². The van der Waals surface area contributed by atoms with Gasteiger partial charge in [-0.1, -0.05) is 60.7 Å². The number of hydrogen-bond acceptors (Lipinski definition) is 1. The summed E-state index contributed by atoms with van der Waals surface area (Å²) in [5.74, 6) is 0. The fourth-order valence-corrected chi connectivity index (χ4v) is 1.87. The lowest BCUT2D eigenvalue weighted by molar-refractivity contribution is 0.332. The summed E-state index contributed by atoms with van der Waals surface area (Å²) in [4.78, 5) is 0. The van der Waals surface area contributed by atoms with Crippen LogP contribution >= 0.6 is 0 Å². The molecule has 2 aromatic carbocycles. The Hall–Kier alpha value is -1.86. The second-order valence-corrected chi connectivity index (χ2v) is 3.84. The van der Waals surface area contributed by atoms with Crippen LogP contribution in [0.15, 0.2) is 66.2 Å². The lowest BCUT2D eigenvalue weighted by Crippen LogP contribution is -1.95. The minimum absolute atomic E-state index is 0.310. The molecule has 0 bridgehead atoms. The zero-order valence-electron chi connectivity index (χ0n) is 11.7. The molecule has 1 nitrogen and oxygen atoms in total. The summed E-state index contributed by atoms with van der Waals surface area (Å²) in [7, 11) is 0. The Balaban J connectivity index is 2.66. The molecule has 0 aliphatic heterocycles. The van der Waals surface area contributed by atoms with Crippen LogP contribution in [-0.2, 0) is 0 Å². The van der Waals surface area contributed by atoms with Crippen LogP contribution in [-0.4, -0.2) is 11.7 Å². The molecule has 2 rings (SSSR count). The van der Waals surface area contributed by atoms with Crippen molar-refractivity contribution in [1.29, 1.82) is 0 Å². The minimum Gasteiger partial charge on any atom is -0.392 e. The Bertz CT molecular complexity index is 527. The van der Waals surface area contributed by atoms with Gasteiger partial charge in [-0.15, -0.1) is 0 Å². The van der Waals surface area contributed by atoms with Gasteiger partial charge >= 0.3 is 0 Å². The van der Waals surface area contributed by atoms with Crippen LogP contribution in [0.3, 0.4) is 0 Å². The molecule has 0 heterocycles. The van der Waals surface area contributed by atoms with Crippen LogP contribution in [0.5, 0.6) is 0 Å². The van der Waals surface area contributed by atoms with Crippen molar-refractivity contribution in [2.45, 2.75) is 6.92 Å². The summed E-state index contributed by atoms with van der Waals surface area (Å²) < 4.78 is 15.1. The van der Waals surface area contributed by atoms with Crippen LogP contribution in [0, 0.1) is 0 Å². The predicted octanol–water partition coefficient (Wildman–Crippen LogP) is 3.50. The third kappa shape index (κ3) is 2.63. The highest BCUT2D eigenvalue weighted by Crippen LogP contribution is 2.26. The van der Waals surface area contributed by atoms with Gasteiger partial charge in [0.2, 0.25) is 0 Å². The molecule has 0 radical (unpaired) electrons. The Morgan fingerprint density at radius 3 is 1.71 bits per heavy atom. The van der Waals surface area contributed by atoms with E-state index in [-0.39, 0.29) is 0 Å². The Labute approximate surface area is 105 Å². The van der Waals surface area contributed by atoms with Crippen LogP contribution in [0.4, 0.5) is 0 Å². The zero-order chi connectivity index (χ0) is 13.9. The van der Waals surface area contributed by atoms with E-state index in [0.29, 0.717) is 5.57 Å². The van der Waals surface area contributed by atoms with E-state index in [1.165, 1.54) is 0 Å². The molecule has 0 fully saturated rings. The first-order chi connectivity index (χ1) is 9.00. The highest BCUT2D eigenvalue weighted by atomic mass is 16.3. The van der Waals surface area contributed by atoms with E-state index in [4.69, 9.17) is 2.74 Å². The molecule has 0 aliphatic carbocycles. The first kappa shape index (κ1) is 9.20. The fourth-order valence-electron chi connectivity index (χ4n) is 1.87. The maximum absolute atomic E-state index is 9.65.